The maximum absolute atomic E-state index is 9.83. The molecule has 0 atom stereocenters. The molecular formula is C23H17IN2O5. The summed E-state index contributed by atoms with van der Waals surface area (Å²) >= 11 is 2.18. The van der Waals surface area contributed by atoms with E-state index in [2.05, 4.69) is 33.7 Å². The van der Waals surface area contributed by atoms with Gasteiger partial charge in [0.05, 0.1) is 35.4 Å². The number of benzene rings is 1. The number of aliphatic imine (C=N–C) groups is 1. The van der Waals surface area contributed by atoms with Crippen molar-refractivity contribution >= 4 is 34.7 Å². The molecule has 4 rings (SSSR count). The lowest BCUT2D eigenvalue weighted by atomic mass is 10.1. The minimum atomic E-state index is 0.156. The molecule has 7 nitrogen and oxygen atoms in total. The van der Waals surface area contributed by atoms with Crippen molar-refractivity contribution in [2.75, 3.05) is 13.7 Å². The van der Waals surface area contributed by atoms with Crippen molar-refractivity contribution in [2.45, 2.75) is 6.92 Å². The summed E-state index contributed by atoms with van der Waals surface area (Å²) in [5, 5.41) is 9.83. The third-order valence-corrected chi connectivity index (χ3v) is 5.19. The Kier molecular flexibility index (Phi) is 6.13. The van der Waals surface area contributed by atoms with E-state index in [0.717, 1.165) is 9.13 Å². The fraction of sp³-hybridized carbons (Fsp3) is 0.130. The molecule has 0 bridgehead atoms. The molecule has 31 heavy (non-hydrogen) atoms. The molecule has 0 saturated heterocycles. The van der Waals surface area contributed by atoms with E-state index >= 15 is 0 Å². The summed E-state index contributed by atoms with van der Waals surface area (Å²) in [7, 11) is 1.58. The number of hydrogen-bond acceptors (Lipinski definition) is 7. The predicted octanol–water partition coefficient (Wildman–Crippen LogP) is 6.43. The first-order valence-electron chi connectivity index (χ1n) is 9.35. The lowest BCUT2D eigenvalue weighted by Crippen LogP contribution is -1.99. The van der Waals surface area contributed by atoms with Crippen molar-refractivity contribution in [1.29, 1.82) is 5.26 Å². The molecule has 0 fully saturated rings. The second kappa shape index (κ2) is 9.14. The van der Waals surface area contributed by atoms with E-state index in [9.17, 15) is 5.26 Å². The quantitative estimate of drug-likeness (QED) is 0.203. The highest BCUT2D eigenvalue weighted by Crippen LogP contribution is 2.43. The second-order valence-electron chi connectivity index (χ2n) is 6.28. The van der Waals surface area contributed by atoms with Gasteiger partial charge in [0.2, 0.25) is 5.88 Å². The normalized spacial score (nSPS) is 11.0. The Labute approximate surface area is 192 Å². The number of nitrogens with zero attached hydrogens (tertiary/aromatic N) is 2. The van der Waals surface area contributed by atoms with Crippen LogP contribution >= 0.6 is 22.6 Å². The number of halogens is 1. The van der Waals surface area contributed by atoms with Gasteiger partial charge in [0.25, 0.3) is 0 Å². The van der Waals surface area contributed by atoms with Crippen LogP contribution < -0.4 is 9.47 Å². The molecule has 0 aliphatic carbocycles. The molecule has 8 heteroatoms. The first kappa shape index (κ1) is 20.8. The van der Waals surface area contributed by atoms with Gasteiger partial charge in [-0.05, 0) is 71.5 Å². The van der Waals surface area contributed by atoms with Crippen LogP contribution in [0.15, 0.2) is 67.2 Å². The van der Waals surface area contributed by atoms with Crippen molar-refractivity contribution in [3.63, 3.8) is 0 Å². The highest BCUT2D eigenvalue weighted by molar-refractivity contribution is 14.1. The highest BCUT2D eigenvalue weighted by atomic mass is 127. The monoisotopic (exact) mass is 528 g/mol. The van der Waals surface area contributed by atoms with Crippen molar-refractivity contribution in [3.8, 4) is 40.4 Å². The minimum absolute atomic E-state index is 0.156. The summed E-state index contributed by atoms with van der Waals surface area (Å²) in [5.41, 5.74) is 1.52. The van der Waals surface area contributed by atoms with Crippen LogP contribution in [0, 0.1) is 14.9 Å². The third-order valence-electron chi connectivity index (χ3n) is 4.39. The van der Waals surface area contributed by atoms with Crippen molar-refractivity contribution in [3.05, 3.63) is 63.6 Å². The Bertz CT molecular complexity index is 1250. The van der Waals surface area contributed by atoms with E-state index in [1.807, 2.05) is 19.1 Å². The maximum atomic E-state index is 9.83. The zero-order valence-corrected chi connectivity index (χ0v) is 18.9. The summed E-state index contributed by atoms with van der Waals surface area (Å²) in [4.78, 5) is 4.44. The van der Waals surface area contributed by atoms with Gasteiger partial charge in [-0.1, -0.05) is 0 Å². The molecule has 0 radical (unpaired) electrons. The Balaban J connectivity index is 1.79. The van der Waals surface area contributed by atoms with Crippen LogP contribution in [-0.4, -0.2) is 19.9 Å². The van der Waals surface area contributed by atoms with Crippen LogP contribution in [0.2, 0.25) is 0 Å². The van der Waals surface area contributed by atoms with Crippen LogP contribution in [0.3, 0.4) is 0 Å². The Morgan fingerprint density at radius 3 is 2.52 bits per heavy atom. The average molecular weight is 528 g/mol. The largest absolute Gasteiger partial charge is 0.493 e. The molecule has 4 aromatic rings. The zero-order valence-electron chi connectivity index (χ0n) is 16.7. The minimum Gasteiger partial charge on any atom is -0.493 e. The van der Waals surface area contributed by atoms with E-state index in [-0.39, 0.29) is 11.4 Å². The van der Waals surface area contributed by atoms with Gasteiger partial charge in [-0.25, -0.2) is 4.99 Å². The molecular weight excluding hydrogens is 511 g/mol. The summed E-state index contributed by atoms with van der Waals surface area (Å²) < 4.78 is 28.9. The van der Waals surface area contributed by atoms with E-state index in [1.54, 1.807) is 37.6 Å². The average Bonchev–Trinajstić information content (AvgIpc) is 3.53. The summed E-state index contributed by atoms with van der Waals surface area (Å²) in [6.07, 6.45) is 4.68. The van der Waals surface area contributed by atoms with E-state index in [4.69, 9.17) is 22.7 Å². The number of rotatable bonds is 7. The van der Waals surface area contributed by atoms with Crippen molar-refractivity contribution in [2.24, 2.45) is 4.99 Å². The van der Waals surface area contributed by atoms with Gasteiger partial charge in [0.1, 0.15) is 17.4 Å². The summed E-state index contributed by atoms with van der Waals surface area (Å²) in [6.45, 7) is 2.45. The fourth-order valence-corrected chi connectivity index (χ4v) is 3.86. The molecule has 0 spiro atoms. The van der Waals surface area contributed by atoms with Gasteiger partial charge in [0.15, 0.2) is 23.0 Å². The Morgan fingerprint density at radius 1 is 1.16 bits per heavy atom. The molecule has 3 heterocycles. The number of methoxy groups -OCH3 is 1. The Hall–Kier alpha value is -3.45. The molecule has 0 saturated carbocycles. The SMILES string of the molecule is CCOc1c(I)cc(C=Nc2oc(-c3ccco3)c(-c3ccco3)c2C#N)cc1OC. The second-order valence-corrected chi connectivity index (χ2v) is 7.44. The van der Waals surface area contributed by atoms with Gasteiger partial charge in [0, 0.05) is 6.21 Å². The van der Waals surface area contributed by atoms with Gasteiger partial charge in [-0.3, -0.25) is 0 Å². The highest BCUT2D eigenvalue weighted by Gasteiger charge is 2.26. The van der Waals surface area contributed by atoms with Crippen LogP contribution in [0.25, 0.3) is 22.8 Å². The van der Waals surface area contributed by atoms with E-state index in [1.165, 1.54) is 12.5 Å². The molecule has 156 valence electrons. The smallest absolute Gasteiger partial charge is 0.238 e. The van der Waals surface area contributed by atoms with Gasteiger partial charge >= 0.3 is 0 Å². The van der Waals surface area contributed by atoms with Crippen LogP contribution in [-0.2, 0) is 0 Å². The topological polar surface area (TPSA) is 94.0 Å². The number of hydrogen-bond donors (Lipinski definition) is 0. The standard InChI is InChI=1S/C23H17IN2O5/c1-3-28-21-16(24)10-14(11-19(21)27-2)13-26-23-15(12-25)20(17-6-4-8-29-17)22(31-23)18-7-5-9-30-18/h4-11,13H,3H2,1-2H3. The predicted molar refractivity (Wildman–Crippen MR) is 123 cm³/mol. The number of ether oxygens (including phenoxy) is 2. The first-order chi connectivity index (χ1) is 15.2. The number of nitriles is 1. The first-order valence-corrected chi connectivity index (χ1v) is 10.4. The summed E-state index contributed by atoms with van der Waals surface area (Å²) in [5.74, 6) is 2.78. The molecule has 0 N–H and O–H groups in total. The fourth-order valence-electron chi connectivity index (χ4n) is 3.08. The van der Waals surface area contributed by atoms with Crippen LogP contribution in [0.4, 0.5) is 5.88 Å². The van der Waals surface area contributed by atoms with Crippen molar-refractivity contribution < 1.29 is 22.7 Å². The molecule has 3 aromatic heterocycles. The molecule has 0 amide bonds. The molecule has 0 aliphatic heterocycles. The van der Waals surface area contributed by atoms with Crippen molar-refractivity contribution in [1.82, 2.24) is 0 Å². The molecule has 0 unspecified atom stereocenters. The third kappa shape index (κ3) is 4.09. The zero-order chi connectivity index (χ0) is 21.8. The number of furan rings is 3. The molecule has 1 aromatic carbocycles. The van der Waals surface area contributed by atoms with E-state index in [0.29, 0.717) is 41.0 Å². The van der Waals surface area contributed by atoms with Crippen LogP contribution in [0.1, 0.15) is 18.1 Å². The lowest BCUT2D eigenvalue weighted by molar-refractivity contribution is 0.308. The molecule has 0 aliphatic rings. The van der Waals surface area contributed by atoms with E-state index < -0.39 is 0 Å². The summed E-state index contributed by atoms with van der Waals surface area (Å²) in [6, 6.07) is 12.9. The maximum Gasteiger partial charge on any atom is 0.238 e. The Morgan fingerprint density at radius 2 is 1.90 bits per heavy atom. The van der Waals surface area contributed by atoms with Gasteiger partial charge < -0.3 is 22.7 Å². The van der Waals surface area contributed by atoms with Crippen LogP contribution in [0.5, 0.6) is 11.5 Å². The van der Waals surface area contributed by atoms with Gasteiger partial charge in [-0.15, -0.1) is 0 Å². The van der Waals surface area contributed by atoms with Gasteiger partial charge in [-0.2, -0.15) is 5.26 Å². The lowest BCUT2D eigenvalue weighted by Gasteiger charge is -2.11.